The molecule has 188 valence electrons. The molecule has 0 radical (unpaired) electrons. The molecule has 0 saturated heterocycles. The lowest BCUT2D eigenvalue weighted by atomic mass is 10.1. The van der Waals surface area contributed by atoms with Crippen molar-refractivity contribution in [1.29, 1.82) is 0 Å². The lowest BCUT2D eigenvalue weighted by molar-refractivity contribution is -0.139. The van der Waals surface area contributed by atoms with Gasteiger partial charge in [0.15, 0.2) is 0 Å². The van der Waals surface area contributed by atoms with Crippen molar-refractivity contribution in [3.05, 3.63) is 82.8 Å². The molecule has 1 aliphatic heterocycles. The molecule has 0 saturated carbocycles. The smallest absolute Gasteiger partial charge is 0.408 e. The van der Waals surface area contributed by atoms with Crippen molar-refractivity contribution in [1.82, 2.24) is 14.9 Å². The van der Waals surface area contributed by atoms with Gasteiger partial charge in [0.2, 0.25) is 0 Å². The average molecular weight is 492 g/mol. The zero-order valence-electron chi connectivity index (χ0n) is 19.8. The highest BCUT2D eigenvalue weighted by Crippen LogP contribution is 2.21. The Hall–Kier alpha value is -4.34. The van der Waals surface area contributed by atoms with Gasteiger partial charge in [-0.3, -0.25) is 4.79 Å². The maximum atomic E-state index is 12.2. The van der Waals surface area contributed by atoms with Crippen LogP contribution in [0.4, 0.5) is 10.6 Å². The summed E-state index contributed by atoms with van der Waals surface area (Å²) in [5.74, 6) is -1.03. The Bertz CT molecular complexity index is 1240. The second kappa shape index (κ2) is 11.4. The van der Waals surface area contributed by atoms with Crippen molar-refractivity contribution in [3.63, 3.8) is 0 Å². The van der Waals surface area contributed by atoms with Gasteiger partial charge in [-0.2, -0.15) is 0 Å². The van der Waals surface area contributed by atoms with Crippen molar-refractivity contribution in [2.24, 2.45) is 5.73 Å². The summed E-state index contributed by atoms with van der Waals surface area (Å²) in [7, 11) is 0. The van der Waals surface area contributed by atoms with Crippen LogP contribution in [-0.2, 0) is 41.9 Å². The summed E-state index contributed by atoms with van der Waals surface area (Å²) in [4.78, 5) is 40.7. The van der Waals surface area contributed by atoms with Crippen LogP contribution in [0.3, 0.4) is 0 Å². The number of aromatic nitrogens is 2. The van der Waals surface area contributed by atoms with Gasteiger partial charge in [-0.1, -0.05) is 36.4 Å². The number of aliphatic carboxylic acids is 1. The predicted molar refractivity (Wildman–Crippen MR) is 133 cm³/mol. The fourth-order valence-electron chi connectivity index (χ4n) is 4.14. The molecule has 3 aromatic rings. The molecule has 4 rings (SSSR count). The van der Waals surface area contributed by atoms with Crippen molar-refractivity contribution < 1.29 is 24.2 Å². The van der Waals surface area contributed by atoms with Crippen LogP contribution in [0.2, 0.25) is 0 Å². The Balaban J connectivity index is 1.40. The monoisotopic (exact) mass is 491 g/mol. The van der Waals surface area contributed by atoms with Crippen molar-refractivity contribution in [2.75, 3.05) is 11.9 Å². The second-order valence-corrected chi connectivity index (χ2v) is 8.69. The first-order chi connectivity index (χ1) is 17.4. The van der Waals surface area contributed by atoms with E-state index in [1.807, 2.05) is 24.3 Å². The second-order valence-electron chi connectivity index (χ2n) is 8.69. The van der Waals surface area contributed by atoms with Crippen LogP contribution in [0.15, 0.2) is 54.7 Å². The first kappa shape index (κ1) is 24.8. The Labute approximate surface area is 208 Å². The lowest BCUT2D eigenvalue weighted by Gasteiger charge is -2.17. The topological polar surface area (TPSA) is 149 Å². The molecule has 0 fully saturated rings. The zero-order valence-corrected chi connectivity index (χ0v) is 19.8. The van der Waals surface area contributed by atoms with Crippen molar-refractivity contribution in [3.8, 4) is 0 Å². The number of hydrogen-bond donors (Lipinski definition) is 4. The van der Waals surface area contributed by atoms with Gasteiger partial charge in [0.1, 0.15) is 24.2 Å². The molecule has 0 unspecified atom stereocenters. The highest BCUT2D eigenvalue weighted by Gasteiger charge is 2.24. The lowest BCUT2D eigenvalue weighted by Crippen LogP contribution is -2.44. The number of carboxylic acid groups (broad SMARTS) is 1. The molecule has 1 aliphatic rings. The number of hydrogen-bond acceptors (Lipinski definition) is 6. The minimum atomic E-state index is -1.32. The van der Waals surface area contributed by atoms with Crippen LogP contribution in [0.25, 0.3) is 0 Å². The Morgan fingerprint density at radius 3 is 2.69 bits per heavy atom. The van der Waals surface area contributed by atoms with E-state index >= 15 is 0 Å². The number of nitrogens with one attached hydrogen (secondary N) is 2. The molecule has 5 N–H and O–H groups in total. The van der Waals surface area contributed by atoms with E-state index in [1.54, 1.807) is 24.4 Å². The van der Waals surface area contributed by atoms with Gasteiger partial charge < -0.3 is 30.8 Å². The normalized spacial score (nSPS) is 13.2. The SMILES string of the molecule is NC(=O)c1cc(CCc2ccc3c(n2)NCCC3)cn1C[C@H](NC(=O)OCc1ccccc1)C(=O)O. The number of carboxylic acids is 1. The molecule has 0 spiro atoms. The summed E-state index contributed by atoms with van der Waals surface area (Å²) in [5.41, 5.74) is 9.41. The van der Waals surface area contributed by atoms with Crippen molar-refractivity contribution >= 4 is 23.8 Å². The quantitative estimate of drug-likeness (QED) is 0.340. The van der Waals surface area contributed by atoms with Crippen LogP contribution < -0.4 is 16.4 Å². The van der Waals surface area contributed by atoms with E-state index < -0.39 is 24.0 Å². The Kier molecular flexibility index (Phi) is 7.84. The third-order valence-electron chi connectivity index (χ3n) is 6.01. The predicted octanol–water partition coefficient (Wildman–Crippen LogP) is 2.50. The minimum Gasteiger partial charge on any atom is -0.480 e. The number of rotatable bonds is 10. The van der Waals surface area contributed by atoms with Gasteiger partial charge in [0.25, 0.3) is 5.91 Å². The molecule has 1 aromatic carbocycles. The molecular formula is C26H29N5O5. The van der Waals surface area contributed by atoms with E-state index in [2.05, 4.69) is 21.7 Å². The minimum absolute atomic E-state index is 0.00542. The van der Waals surface area contributed by atoms with Crippen molar-refractivity contribution in [2.45, 2.75) is 44.9 Å². The summed E-state index contributed by atoms with van der Waals surface area (Å²) >= 11 is 0. The summed E-state index contributed by atoms with van der Waals surface area (Å²) < 4.78 is 6.58. The van der Waals surface area contributed by atoms with Gasteiger partial charge in [-0.15, -0.1) is 0 Å². The first-order valence-electron chi connectivity index (χ1n) is 11.8. The van der Waals surface area contributed by atoms with E-state index in [0.717, 1.165) is 42.0 Å². The molecule has 2 aromatic heterocycles. The third-order valence-corrected chi connectivity index (χ3v) is 6.01. The van der Waals surface area contributed by atoms with Gasteiger partial charge in [0, 0.05) is 18.4 Å². The van der Waals surface area contributed by atoms with E-state index in [0.29, 0.717) is 12.8 Å². The summed E-state index contributed by atoms with van der Waals surface area (Å²) in [6, 6.07) is 13.5. The maximum absolute atomic E-state index is 12.2. The first-order valence-corrected chi connectivity index (χ1v) is 11.8. The molecule has 2 amide bonds. The fourth-order valence-corrected chi connectivity index (χ4v) is 4.14. The Morgan fingerprint density at radius 1 is 1.14 bits per heavy atom. The third kappa shape index (κ3) is 6.41. The summed E-state index contributed by atoms with van der Waals surface area (Å²) in [6.45, 7) is 0.730. The molecule has 3 heterocycles. The van der Waals surface area contributed by atoms with E-state index in [-0.39, 0.29) is 18.8 Å². The summed E-state index contributed by atoms with van der Waals surface area (Å²) in [6.07, 6.45) is 4.15. The number of ether oxygens (including phenoxy) is 1. The standard InChI is InChI=1S/C26H29N5O5/c27-23(32)22-13-18(8-10-20-11-9-19-7-4-12-28-24(19)29-20)14-31(22)15-21(25(33)34)30-26(35)36-16-17-5-2-1-3-6-17/h1-3,5-6,9,11,13-14,21H,4,7-8,10,12,15-16H2,(H2,27,32)(H,28,29)(H,30,35)(H,33,34)/t21-/m0/s1. The highest BCUT2D eigenvalue weighted by molar-refractivity contribution is 5.91. The van der Waals surface area contributed by atoms with E-state index in [9.17, 15) is 19.5 Å². The molecular weight excluding hydrogens is 462 g/mol. The Morgan fingerprint density at radius 2 is 1.94 bits per heavy atom. The summed E-state index contributed by atoms with van der Waals surface area (Å²) in [5, 5.41) is 15.3. The number of fused-ring (bicyclic) bond motifs is 1. The van der Waals surface area contributed by atoms with Gasteiger partial charge in [0.05, 0.1) is 6.54 Å². The van der Waals surface area contributed by atoms with Crippen LogP contribution in [-0.4, -0.2) is 45.2 Å². The largest absolute Gasteiger partial charge is 0.480 e. The van der Waals surface area contributed by atoms with Crippen LogP contribution in [0, 0.1) is 0 Å². The van der Waals surface area contributed by atoms with Crippen LogP contribution in [0.1, 0.15) is 39.3 Å². The van der Waals surface area contributed by atoms with Gasteiger partial charge in [-0.25, -0.2) is 14.6 Å². The number of benzene rings is 1. The fraction of sp³-hybridized carbons (Fsp3) is 0.308. The molecule has 1 atom stereocenters. The van der Waals surface area contributed by atoms with Crippen LogP contribution >= 0.6 is 0 Å². The number of carbonyl (C=O) groups excluding carboxylic acids is 2. The number of carbonyl (C=O) groups is 3. The molecule has 10 nitrogen and oxygen atoms in total. The number of alkyl carbamates (subject to hydrolysis) is 1. The number of anilines is 1. The number of nitrogens with two attached hydrogens (primary N) is 1. The molecule has 36 heavy (non-hydrogen) atoms. The van der Waals surface area contributed by atoms with Gasteiger partial charge in [-0.05, 0) is 54.5 Å². The maximum Gasteiger partial charge on any atom is 0.408 e. The number of pyridine rings is 1. The van der Waals surface area contributed by atoms with E-state index in [1.165, 1.54) is 10.1 Å². The zero-order chi connectivity index (χ0) is 25.5. The number of aryl methyl sites for hydroxylation is 3. The number of amides is 2. The van der Waals surface area contributed by atoms with E-state index in [4.69, 9.17) is 10.5 Å². The molecule has 0 aliphatic carbocycles. The molecule has 0 bridgehead atoms. The number of nitrogens with zero attached hydrogens (tertiary/aromatic N) is 2. The van der Waals surface area contributed by atoms with Gasteiger partial charge >= 0.3 is 12.1 Å². The molecule has 10 heteroatoms. The number of primary amides is 1. The highest BCUT2D eigenvalue weighted by atomic mass is 16.5. The van der Waals surface area contributed by atoms with Crippen LogP contribution in [0.5, 0.6) is 0 Å². The average Bonchev–Trinajstić information content (AvgIpc) is 3.29.